The van der Waals surface area contributed by atoms with Gasteiger partial charge in [0.1, 0.15) is 4.87 Å². The van der Waals surface area contributed by atoms with Gasteiger partial charge in [-0.1, -0.05) is 51.1 Å². The molecule has 0 aliphatic carbocycles. The van der Waals surface area contributed by atoms with Gasteiger partial charge in [0.15, 0.2) is 0 Å². The van der Waals surface area contributed by atoms with Gasteiger partial charge >= 0.3 is 5.97 Å². The maximum absolute atomic E-state index is 10.5. The van der Waals surface area contributed by atoms with Crippen molar-refractivity contribution in [3.63, 3.8) is 0 Å². The number of alkyl halides is 1. The molecular weight excluding hydrogens is 248 g/mol. The van der Waals surface area contributed by atoms with E-state index >= 15 is 0 Å². The molecule has 2 nitrogen and oxygen atoms in total. The van der Waals surface area contributed by atoms with Gasteiger partial charge in [0, 0.05) is 0 Å². The van der Waals surface area contributed by atoms with Crippen LogP contribution >= 0.6 is 11.6 Å². The first-order chi connectivity index (χ1) is 8.09. The van der Waals surface area contributed by atoms with Crippen molar-refractivity contribution < 1.29 is 9.53 Å². The molecule has 0 N–H and O–H groups in total. The zero-order chi connectivity index (χ0) is 14.4. The largest absolute Gasteiger partial charge is 0.468 e. The lowest BCUT2D eigenvalue weighted by atomic mass is 9.87. The summed E-state index contributed by atoms with van der Waals surface area (Å²) in [5.41, 5.74) is 1.69. The minimum Gasteiger partial charge on any atom is -0.468 e. The van der Waals surface area contributed by atoms with Gasteiger partial charge in [-0.3, -0.25) is 4.79 Å². The number of carbonyl (C=O) groups excluding carboxylic acids is 1. The average Bonchev–Trinajstić information content (AvgIpc) is 2.27. The maximum Gasteiger partial charge on any atom is 0.326 e. The highest BCUT2D eigenvalue weighted by molar-refractivity contribution is 6.33. The van der Waals surface area contributed by atoms with Crippen molar-refractivity contribution in [1.82, 2.24) is 0 Å². The highest BCUT2D eigenvalue weighted by Gasteiger charge is 2.24. The highest BCUT2D eigenvalue weighted by atomic mass is 35.5. The molecule has 0 atom stereocenters. The Labute approximate surface area is 115 Å². The predicted octanol–water partition coefficient (Wildman–Crippen LogP) is 4.16. The minimum atomic E-state index is -0.880. The second-order valence-electron chi connectivity index (χ2n) is 5.58. The summed E-state index contributed by atoms with van der Waals surface area (Å²) >= 11 is 5.51. The first-order valence-electron chi connectivity index (χ1n) is 5.92. The normalized spacial score (nSPS) is 11.3. The van der Waals surface area contributed by atoms with Crippen molar-refractivity contribution in [2.45, 2.75) is 44.9 Å². The smallest absolute Gasteiger partial charge is 0.326 e. The van der Waals surface area contributed by atoms with Gasteiger partial charge in [0.05, 0.1) is 7.11 Å². The zero-order valence-corrected chi connectivity index (χ0v) is 12.8. The summed E-state index contributed by atoms with van der Waals surface area (Å²) in [6, 6.07) is 10.6. The van der Waals surface area contributed by atoms with Crippen LogP contribution in [0.1, 0.15) is 40.2 Å². The Morgan fingerprint density at radius 2 is 1.50 bits per heavy atom. The summed E-state index contributed by atoms with van der Waals surface area (Å²) in [6.07, 6.45) is 0. The Morgan fingerprint density at radius 3 is 1.67 bits per heavy atom. The SMILES string of the molecule is CC(C)(C)c1ccccc1.COC(=O)C(C)(C)Cl. The van der Waals surface area contributed by atoms with Crippen molar-refractivity contribution in [2.24, 2.45) is 0 Å². The zero-order valence-electron chi connectivity index (χ0n) is 12.1. The van der Waals surface area contributed by atoms with E-state index in [0.717, 1.165) is 0 Å². The molecular formula is C15H23ClO2. The molecule has 1 aromatic carbocycles. The van der Waals surface area contributed by atoms with Crippen LogP contribution in [0.4, 0.5) is 0 Å². The summed E-state index contributed by atoms with van der Waals surface area (Å²) in [7, 11) is 1.31. The van der Waals surface area contributed by atoms with Crippen molar-refractivity contribution in [1.29, 1.82) is 0 Å². The molecule has 1 rings (SSSR count). The van der Waals surface area contributed by atoms with Crippen LogP contribution < -0.4 is 0 Å². The van der Waals surface area contributed by atoms with Crippen LogP contribution in [0.25, 0.3) is 0 Å². The first-order valence-corrected chi connectivity index (χ1v) is 6.29. The Kier molecular flexibility index (Phi) is 6.41. The van der Waals surface area contributed by atoms with Gasteiger partial charge in [0.25, 0.3) is 0 Å². The Bertz CT molecular complexity index is 358. The second kappa shape index (κ2) is 6.79. The van der Waals surface area contributed by atoms with Gasteiger partial charge in [-0.05, 0) is 24.8 Å². The minimum absolute atomic E-state index is 0.293. The van der Waals surface area contributed by atoms with E-state index < -0.39 is 10.8 Å². The molecule has 3 heteroatoms. The van der Waals surface area contributed by atoms with Crippen molar-refractivity contribution in [2.75, 3.05) is 7.11 Å². The predicted molar refractivity (Wildman–Crippen MR) is 77.1 cm³/mol. The molecule has 0 aromatic heterocycles. The third kappa shape index (κ3) is 6.65. The molecule has 0 aliphatic rings. The molecule has 0 fully saturated rings. The Morgan fingerprint density at radius 1 is 1.06 bits per heavy atom. The lowest BCUT2D eigenvalue weighted by Crippen LogP contribution is -2.25. The van der Waals surface area contributed by atoms with Gasteiger partial charge < -0.3 is 4.74 Å². The molecule has 18 heavy (non-hydrogen) atoms. The van der Waals surface area contributed by atoms with E-state index in [4.69, 9.17) is 11.6 Å². The highest BCUT2D eigenvalue weighted by Crippen LogP contribution is 2.20. The van der Waals surface area contributed by atoms with Crippen molar-refractivity contribution >= 4 is 17.6 Å². The van der Waals surface area contributed by atoms with Gasteiger partial charge in [-0.25, -0.2) is 0 Å². The lowest BCUT2D eigenvalue weighted by molar-refractivity contribution is -0.142. The van der Waals surface area contributed by atoms with Crippen LogP contribution in [0, 0.1) is 0 Å². The molecule has 0 amide bonds. The van der Waals surface area contributed by atoms with Crippen LogP contribution in [0.15, 0.2) is 30.3 Å². The quantitative estimate of drug-likeness (QED) is 0.566. The van der Waals surface area contributed by atoms with E-state index in [-0.39, 0.29) is 0 Å². The number of carbonyl (C=O) groups is 1. The van der Waals surface area contributed by atoms with Crippen LogP contribution in [0.2, 0.25) is 0 Å². The lowest BCUT2D eigenvalue weighted by Gasteiger charge is -2.18. The van der Waals surface area contributed by atoms with E-state index in [2.05, 4.69) is 55.8 Å². The molecule has 102 valence electrons. The fraction of sp³-hybridized carbons (Fsp3) is 0.533. The Balaban J connectivity index is 0.000000331. The van der Waals surface area contributed by atoms with Crippen LogP contribution in [-0.2, 0) is 14.9 Å². The number of methoxy groups -OCH3 is 1. The number of esters is 1. The number of benzene rings is 1. The third-order valence-corrected chi connectivity index (χ3v) is 2.46. The van der Waals surface area contributed by atoms with E-state index in [9.17, 15) is 4.79 Å². The van der Waals surface area contributed by atoms with Crippen molar-refractivity contribution in [3.8, 4) is 0 Å². The monoisotopic (exact) mass is 270 g/mol. The summed E-state index contributed by atoms with van der Waals surface area (Å²) in [6.45, 7) is 9.84. The summed E-state index contributed by atoms with van der Waals surface area (Å²) in [5, 5.41) is 0. The van der Waals surface area contributed by atoms with E-state index in [0.29, 0.717) is 5.41 Å². The molecule has 1 aromatic rings. The van der Waals surface area contributed by atoms with Crippen molar-refractivity contribution in [3.05, 3.63) is 35.9 Å². The summed E-state index contributed by atoms with van der Waals surface area (Å²) < 4.78 is 4.34. The Hall–Kier alpha value is -1.02. The maximum atomic E-state index is 10.5. The van der Waals surface area contributed by atoms with Gasteiger partial charge in [-0.15, -0.1) is 11.6 Å². The van der Waals surface area contributed by atoms with Gasteiger partial charge in [0.2, 0.25) is 0 Å². The number of hydrogen-bond donors (Lipinski definition) is 0. The second-order valence-corrected chi connectivity index (χ2v) is 6.52. The summed E-state index contributed by atoms with van der Waals surface area (Å²) in [4.78, 5) is 9.60. The van der Waals surface area contributed by atoms with Crippen LogP contribution in [0.5, 0.6) is 0 Å². The number of rotatable bonds is 1. The number of halogens is 1. The molecule has 0 heterocycles. The first kappa shape index (κ1) is 17.0. The fourth-order valence-electron chi connectivity index (χ4n) is 1.18. The molecule has 0 saturated carbocycles. The fourth-order valence-corrected chi connectivity index (χ4v) is 1.26. The third-order valence-electron chi connectivity index (χ3n) is 2.31. The molecule has 0 spiro atoms. The van der Waals surface area contributed by atoms with Crippen LogP contribution in [-0.4, -0.2) is 18.0 Å². The molecule has 0 unspecified atom stereocenters. The van der Waals surface area contributed by atoms with E-state index in [1.54, 1.807) is 13.8 Å². The number of hydrogen-bond acceptors (Lipinski definition) is 2. The average molecular weight is 271 g/mol. The van der Waals surface area contributed by atoms with Crippen LogP contribution in [0.3, 0.4) is 0 Å². The standard InChI is InChI=1S/C10H14.C5H9ClO2/c1-10(2,3)9-7-5-4-6-8-9;1-5(2,6)4(7)8-3/h4-8H,1-3H3;1-3H3. The number of ether oxygens (including phenoxy) is 1. The molecule has 0 bridgehead atoms. The molecule has 0 saturated heterocycles. The van der Waals surface area contributed by atoms with E-state index in [1.807, 2.05) is 0 Å². The van der Waals surface area contributed by atoms with Gasteiger partial charge in [-0.2, -0.15) is 0 Å². The molecule has 0 aliphatic heterocycles. The molecule has 0 radical (unpaired) electrons. The summed E-state index contributed by atoms with van der Waals surface area (Å²) in [5.74, 6) is -0.404. The van der Waals surface area contributed by atoms with E-state index in [1.165, 1.54) is 12.7 Å². The topological polar surface area (TPSA) is 26.3 Å².